The molecule has 0 bridgehead atoms. The number of halogens is 2. The largest absolute Gasteiger partial charge is 0.357 e. The lowest BCUT2D eigenvalue weighted by molar-refractivity contribution is -0.141. The predicted octanol–water partition coefficient (Wildman–Crippen LogP) is 4.72. The van der Waals surface area contributed by atoms with E-state index < -0.39 is 21.9 Å². The Bertz CT molecular complexity index is 1390. The molecule has 208 valence electrons. The summed E-state index contributed by atoms with van der Waals surface area (Å²) in [6, 6.07) is 19.3. The zero-order chi connectivity index (χ0) is 28.6. The Morgan fingerprint density at radius 1 is 0.974 bits per heavy atom. The number of carbonyl (C=O) groups excluding carboxylic acids is 2. The van der Waals surface area contributed by atoms with Gasteiger partial charge < -0.3 is 10.2 Å². The van der Waals surface area contributed by atoms with Gasteiger partial charge in [-0.25, -0.2) is 12.8 Å². The molecule has 0 saturated carbocycles. The van der Waals surface area contributed by atoms with Gasteiger partial charge in [-0.3, -0.25) is 13.9 Å². The smallest absolute Gasteiger partial charge is 0.242 e. The van der Waals surface area contributed by atoms with Gasteiger partial charge >= 0.3 is 0 Å². The van der Waals surface area contributed by atoms with Gasteiger partial charge in [0.15, 0.2) is 0 Å². The average molecular weight is 574 g/mol. The zero-order valence-electron chi connectivity index (χ0n) is 22.2. The first-order valence-corrected chi connectivity index (χ1v) is 14.8. The number of hydrogen-bond acceptors (Lipinski definition) is 4. The summed E-state index contributed by atoms with van der Waals surface area (Å²) in [6.45, 7) is 1.88. The minimum Gasteiger partial charge on any atom is -0.357 e. The molecule has 0 fully saturated rings. The quantitative estimate of drug-likeness (QED) is 0.340. The molecule has 0 saturated heterocycles. The van der Waals surface area contributed by atoms with Crippen LogP contribution in [0.2, 0.25) is 5.02 Å². The fourth-order valence-electron chi connectivity index (χ4n) is 4.36. The van der Waals surface area contributed by atoms with E-state index in [0.717, 1.165) is 11.8 Å². The lowest BCUT2D eigenvalue weighted by atomic mass is 10.0. The summed E-state index contributed by atoms with van der Waals surface area (Å²) < 4.78 is 40.0. The molecule has 0 aliphatic rings. The standard InChI is InChI=1S/C29H33ClFN3O4S/c1-21-25(30)11-7-12-26(21)34(39(3,37)38)18-8-13-28(35)33(20-23-14-16-24(31)17-15-23)27(29(36)32-2)19-22-9-5-4-6-10-22/h4-7,9-12,14-17,27H,8,13,18-20H2,1-3H3,(H,32,36)/t27-/m1/s1. The molecule has 3 aromatic carbocycles. The summed E-state index contributed by atoms with van der Waals surface area (Å²) in [4.78, 5) is 28.1. The van der Waals surface area contributed by atoms with Crippen molar-refractivity contribution >= 4 is 39.1 Å². The van der Waals surface area contributed by atoms with Gasteiger partial charge in [0.2, 0.25) is 21.8 Å². The van der Waals surface area contributed by atoms with Crippen LogP contribution in [0.15, 0.2) is 72.8 Å². The molecule has 0 aliphatic heterocycles. The van der Waals surface area contributed by atoms with Crippen molar-refractivity contribution in [2.24, 2.45) is 0 Å². The number of hydrogen-bond donors (Lipinski definition) is 1. The number of nitrogens with one attached hydrogen (secondary N) is 1. The number of anilines is 1. The third-order valence-electron chi connectivity index (χ3n) is 6.44. The Morgan fingerprint density at radius 3 is 2.26 bits per heavy atom. The highest BCUT2D eigenvalue weighted by Gasteiger charge is 2.30. The maximum atomic E-state index is 13.6. The van der Waals surface area contributed by atoms with Crippen LogP contribution in [0, 0.1) is 12.7 Å². The Kier molecular flexibility index (Phi) is 10.5. The number of likely N-dealkylation sites (N-methyl/N-ethyl adjacent to an activating group) is 1. The zero-order valence-corrected chi connectivity index (χ0v) is 23.8. The van der Waals surface area contributed by atoms with E-state index in [1.54, 1.807) is 37.3 Å². The Labute approximate surface area is 234 Å². The number of sulfonamides is 1. The Balaban J connectivity index is 1.86. The predicted molar refractivity (Wildman–Crippen MR) is 153 cm³/mol. The molecule has 0 radical (unpaired) electrons. The van der Waals surface area contributed by atoms with Crippen molar-refractivity contribution in [3.63, 3.8) is 0 Å². The molecule has 0 unspecified atom stereocenters. The second-order valence-electron chi connectivity index (χ2n) is 9.29. The van der Waals surface area contributed by atoms with Gasteiger partial charge in [-0.05, 0) is 54.3 Å². The van der Waals surface area contributed by atoms with Crippen LogP contribution in [-0.2, 0) is 32.6 Å². The minimum atomic E-state index is -3.65. The van der Waals surface area contributed by atoms with Crippen molar-refractivity contribution in [3.8, 4) is 0 Å². The molecule has 0 heterocycles. The Morgan fingerprint density at radius 2 is 1.64 bits per heavy atom. The molecule has 1 N–H and O–H groups in total. The van der Waals surface area contributed by atoms with Gasteiger partial charge in [-0.1, -0.05) is 60.1 Å². The SMILES string of the molecule is CNC(=O)[C@@H](Cc1ccccc1)N(Cc1ccc(F)cc1)C(=O)CCCN(c1cccc(Cl)c1C)S(C)(=O)=O. The lowest BCUT2D eigenvalue weighted by Crippen LogP contribution is -2.49. The first-order valence-electron chi connectivity index (χ1n) is 12.5. The van der Waals surface area contributed by atoms with Crippen LogP contribution >= 0.6 is 11.6 Å². The monoisotopic (exact) mass is 573 g/mol. The van der Waals surface area contributed by atoms with E-state index in [0.29, 0.717) is 21.8 Å². The number of amides is 2. The van der Waals surface area contributed by atoms with Crippen LogP contribution in [0.25, 0.3) is 0 Å². The van der Waals surface area contributed by atoms with E-state index in [1.165, 1.54) is 28.4 Å². The summed E-state index contributed by atoms with van der Waals surface area (Å²) in [5, 5.41) is 3.09. The molecule has 7 nitrogen and oxygen atoms in total. The van der Waals surface area contributed by atoms with E-state index in [2.05, 4.69) is 5.32 Å². The van der Waals surface area contributed by atoms with Crippen molar-refractivity contribution in [1.82, 2.24) is 10.2 Å². The van der Waals surface area contributed by atoms with Gasteiger partial charge in [0, 0.05) is 38.0 Å². The number of nitrogens with zero attached hydrogens (tertiary/aromatic N) is 2. The van der Waals surface area contributed by atoms with Crippen LogP contribution in [0.4, 0.5) is 10.1 Å². The third-order valence-corrected chi connectivity index (χ3v) is 8.03. The molecular formula is C29H33ClFN3O4S. The molecule has 0 spiro atoms. The fourth-order valence-corrected chi connectivity index (χ4v) is 5.54. The molecule has 1 atom stereocenters. The van der Waals surface area contributed by atoms with E-state index in [4.69, 9.17) is 11.6 Å². The number of benzene rings is 3. The van der Waals surface area contributed by atoms with Gasteiger partial charge in [-0.2, -0.15) is 0 Å². The van der Waals surface area contributed by atoms with Crippen molar-refractivity contribution < 1.29 is 22.4 Å². The first kappa shape index (κ1) is 30.1. The number of carbonyl (C=O) groups is 2. The average Bonchev–Trinajstić information content (AvgIpc) is 2.91. The van der Waals surface area contributed by atoms with Crippen LogP contribution < -0.4 is 9.62 Å². The number of rotatable bonds is 12. The summed E-state index contributed by atoms with van der Waals surface area (Å²) in [7, 11) is -2.14. The normalized spacial score (nSPS) is 12.0. The highest BCUT2D eigenvalue weighted by molar-refractivity contribution is 7.92. The van der Waals surface area contributed by atoms with Crippen molar-refractivity contribution in [2.45, 2.75) is 38.8 Å². The molecule has 3 rings (SSSR count). The maximum Gasteiger partial charge on any atom is 0.242 e. The van der Waals surface area contributed by atoms with Gasteiger partial charge in [0.1, 0.15) is 11.9 Å². The van der Waals surface area contributed by atoms with Crippen LogP contribution in [0.1, 0.15) is 29.5 Å². The third kappa shape index (κ3) is 8.28. The second-order valence-corrected chi connectivity index (χ2v) is 11.6. The molecule has 0 aliphatic carbocycles. The summed E-state index contributed by atoms with van der Waals surface area (Å²) in [6.07, 6.45) is 1.60. The summed E-state index contributed by atoms with van der Waals surface area (Å²) in [5.74, 6) is -1.05. The second kappa shape index (κ2) is 13.6. The van der Waals surface area contributed by atoms with Crippen LogP contribution in [0.3, 0.4) is 0 Å². The summed E-state index contributed by atoms with van der Waals surface area (Å²) in [5.41, 5.74) is 2.62. The van der Waals surface area contributed by atoms with Crippen LogP contribution in [0.5, 0.6) is 0 Å². The van der Waals surface area contributed by atoms with Gasteiger partial charge in [0.05, 0.1) is 11.9 Å². The maximum absolute atomic E-state index is 13.6. The van der Waals surface area contributed by atoms with Gasteiger partial charge in [-0.15, -0.1) is 0 Å². The molecule has 10 heteroatoms. The van der Waals surface area contributed by atoms with Crippen molar-refractivity contribution in [1.29, 1.82) is 0 Å². The molecule has 0 aromatic heterocycles. The molecule has 2 amide bonds. The van der Waals surface area contributed by atoms with Gasteiger partial charge in [0.25, 0.3) is 0 Å². The van der Waals surface area contributed by atoms with E-state index in [-0.39, 0.29) is 44.2 Å². The first-order chi connectivity index (χ1) is 18.5. The minimum absolute atomic E-state index is 0.00485. The van der Waals surface area contributed by atoms with Crippen molar-refractivity contribution in [3.05, 3.63) is 100 Å². The van der Waals surface area contributed by atoms with E-state index in [1.807, 2.05) is 30.3 Å². The highest BCUT2D eigenvalue weighted by atomic mass is 35.5. The van der Waals surface area contributed by atoms with Crippen molar-refractivity contribution in [2.75, 3.05) is 24.2 Å². The highest BCUT2D eigenvalue weighted by Crippen LogP contribution is 2.28. The topological polar surface area (TPSA) is 86.8 Å². The summed E-state index contributed by atoms with van der Waals surface area (Å²) >= 11 is 6.22. The Hall–Kier alpha value is -3.43. The lowest BCUT2D eigenvalue weighted by Gasteiger charge is -2.31. The fraction of sp³-hybridized carbons (Fsp3) is 0.310. The molecule has 3 aromatic rings. The van der Waals surface area contributed by atoms with E-state index >= 15 is 0 Å². The van der Waals surface area contributed by atoms with E-state index in [9.17, 15) is 22.4 Å². The molecule has 39 heavy (non-hydrogen) atoms. The van der Waals surface area contributed by atoms with Crippen LogP contribution in [-0.4, -0.2) is 51.0 Å². The molecular weight excluding hydrogens is 541 g/mol.